The van der Waals surface area contributed by atoms with Crippen LogP contribution in [0.15, 0.2) is 24.3 Å². The Bertz CT molecular complexity index is 592. The summed E-state index contributed by atoms with van der Waals surface area (Å²) >= 11 is 6.69. The summed E-state index contributed by atoms with van der Waals surface area (Å²) in [6.07, 6.45) is 0. The Morgan fingerprint density at radius 2 is 1.59 bits per heavy atom. The summed E-state index contributed by atoms with van der Waals surface area (Å²) in [5.41, 5.74) is -1.71. The normalized spacial score (nSPS) is 16.0. The third-order valence-electron chi connectivity index (χ3n) is 3.05. The van der Waals surface area contributed by atoms with Crippen LogP contribution in [0.3, 0.4) is 0 Å². The van der Waals surface area contributed by atoms with Gasteiger partial charge < -0.3 is 9.05 Å². The fourth-order valence-corrected chi connectivity index (χ4v) is 7.83. The van der Waals surface area contributed by atoms with Gasteiger partial charge in [-0.2, -0.15) is 0 Å². The van der Waals surface area contributed by atoms with E-state index in [1.807, 2.05) is 13.8 Å². The first kappa shape index (κ1) is 17.6. The second kappa shape index (κ2) is 7.23. The van der Waals surface area contributed by atoms with Gasteiger partial charge in [0.15, 0.2) is 0 Å². The van der Waals surface area contributed by atoms with Crippen LogP contribution in [0.5, 0.6) is 0 Å². The molecular weight excluding hydrogens is 341 g/mol. The number of benzene rings is 1. The van der Waals surface area contributed by atoms with E-state index >= 15 is 0 Å². The SMILES string of the molecule is CCOP(=S)(OCC)SC(C)N1C(=O)c2ccccc2C1=O. The molecule has 0 radical (unpaired) electrons. The molecule has 0 bridgehead atoms. The minimum Gasteiger partial charge on any atom is -0.322 e. The van der Waals surface area contributed by atoms with Gasteiger partial charge in [0.1, 0.15) is 0 Å². The quantitative estimate of drug-likeness (QED) is 0.547. The first-order valence-electron chi connectivity index (χ1n) is 6.98. The van der Waals surface area contributed by atoms with Crippen LogP contribution in [0.4, 0.5) is 0 Å². The van der Waals surface area contributed by atoms with Gasteiger partial charge in [-0.3, -0.25) is 14.5 Å². The Hall–Kier alpha value is -0.720. The van der Waals surface area contributed by atoms with Gasteiger partial charge in [-0.05, 0) is 56.1 Å². The van der Waals surface area contributed by atoms with Crippen molar-refractivity contribution in [3.05, 3.63) is 35.4 Å². The lowest BCUT2D eigenvalue weighted by atomic mass is 10.1. The van der Waals surface area contributed by atoms with Crippen molar-refractivity contribution in [1.29, 1.82) is 0 Å². The maximum absolute atomic E-state index is 12.4. The molecule has 1 aliphatic rings. The zero-order valence-corrected chi connectivity index (χ0v) is 15.2. The summed E-state index contributed by atoms with van der Waals surface area (Å²) in [6, 6.07) is 6.81. The highest BCUT2D eigenvalue weighted by Crippen LogP contribution is 2.63. The van der Waals surface area contributed by atoms with Gasteiger partial charge in [-0.15, -0.1) is 0 Å². The average Bonchev–Trinajstić information content (AvgIpc) is 2.71. The molecule has 0 spiro atoms. The monoisotopic (exact) mass is 359 g/mol. The van der Waals surface area contributed by atoms with Crippen LogP contribution in [0, 0.1) is 0 Å². The Morgan fingerprint density at radius 1 is 1.14 bits per heavy atom. The van der Waals surface area contributed by atoms with Crippen LogP contribution in [0.2, 0.25) is 0 Å². The Balaban J connectivity index is 2.21. The van der Waals surface area contributed by atoms with E-state index in [4.69, 9.17) is 20.9 Å². The smallest absolute Gasteiger partial charge is 0.262 e. The molecule has 2 rings (SSSR count). The molecule has 1 heterocycles. The molecule has 1 aliphatic heterocycles. The molecule has 8 heteroatoms. The van der Waals surface area contributed by atoms with Crippen molar-refractivity contribution in [2.75, 3.05) is 13.2 Å². The van der Waals surface area contributed by atoms with Gasteiger partial charge in [-0.1, -0.05) is 12.1 Å². The number of carbonyl (C=O) groups excluding carboxylic acids is 2. The van der Waals surface area contributed by atoms with Crippen molar-refractivity contribution in [1.82, 2.24) is 4.90 Å². The van der Waals surface area contributed by atoms with E-state index < -0.39 is 11.1 Å². The lowest BCUT2D eigenvalue weighted by Gasteiger charge is -2.27. The molecule has 22 heavy (non-hydrogen) atoms. The first-order valence-corrected chi connectivity index (χ1v) is 11.1. The van der Waals surface area contributed by atoms with Crippen molar-refractivity contribution in [3.63, 3.8) is 0 Å². The second-order valence-corrected chi connectivity index (χ2v) is 11.0. The number of imide groups is 1. The fourth-order valence-electron chi connectivity index (χ4n) is 2.19. The molecule has 0 saturated heterocycles. The van der Waals surface area contributed by atoms with Crippen LogP contribution in [0.1, 0.15) is 41.5 Å². The van der Waals surface area contributed by atoms with Crippen molar-refractivity contribution < 1.29 is 18.6 Å². The minimum atomic E-state index is -2.57. The van der Waals surface area contributed by atoms with Gasteiger partial charge in [-0.25, -0.2) is 0 Å². The molecule has 1 atom stereocenters. The maximum atomic E-state index is 12.4. The van der Waals surface area contributed by atoms with Crippen molar-refractivity contribution >= 4 is 40.7 Å². The molecule has 5 nitrogen and oxygen atoms in total. The lowest BCUT2D eigenvalue weighted by molar-refractivity contribution is 0.0646. The Morgan fingerprint density at radius 3 is 2.00 bits per heavy atom. The number of nitrogens with zero attached hydrogens (tertiary/aromatic N) is 1. The average molecular weight is 359 g/mol. The van der Waals surface area contributed by atoms with Crippen LogP contribution in [-0.2, 0) is 20.9 Å². The molecule has 0 aromatic heterocycles. The number of hydrogen-bond acceptors (Lipinski definition) is 6. The number of hydrogen-bond donors (Lipinski definition) is 0. The Labute approximate surface area is 139 Å². The molecule has 1 aromatic carbocycles. The van der Waals surface area contributed by atoms with Gasteiger partial charge in [0.25, 0.3) is 11.8 Å². The van der Waals surface area contributed by atoms with Crippen molar-refractivity contribution in [3.8, 4) is 0 Å². The largest absolute Gasteiger partial charge is 0.322 e. The second-order valence-electron chi connectivity index (χ2n) is 4.51. The zero-order chi connectivity index (χ0) is 16.3. The topological polar surface area (TPSA) is 55.8 Å². The minimum absolute atomic E-state index is 0.296. The molecule has 120 valence electrons. The summed E-state index contributed by atoms with van der Waals surface area (Å²) in [5.74, 6) is -0.592. The van der Waals surface area contributed by atoms with Crippen molar-refractivity contribution in [2.45, 2.75) is 26.1 Å². The van der Waals surface area contributed by atoms with Crippen molar-refractivity contribution in [2.24, 2.45) is 0 Å². The van der Waals surface area contributed by atoms with Gasteiger partial charge >= 0.3 is 0 Å². The van der Waals surface area contributed by atoms with Crippen LogP contribution in [0.25, 0.3) is 0 Å². The predicted molar refractivity (Wildman–Crippen MR) is 91.5 cm³/mol. The molecule has 1 unspecified atom stereocenters. The summed E-state index contributed by atoms with van der Waals surface area (Å²) in [4.78, 5) is 26.1. The standard InChI is InChI=1S/C14H18NO4PS2/c1-4-18-20(21,19-5-2)22-10(3)15-13(16)11-8-6-7-9-12(11)14(15)17/h6-10H,4-5H2,1-3H3. The highest BCUT2D eigenvalue weighted by atomic mass is 32.9. The summed E-state index contributed by atoms with van der Waals surface area (Å²) in [6.45, 7) is 6.31. The van der Waals surface area contributed by atoms with E-state index in [1.54, 1.807) is 31.2 Å². The third kappa shape index (κ3) is 3.44. The van der Waals surface area contributed by atoms with Gasteiger partial charge in [0, 0.05) is 0 Å². The fraction of sp³-hybridized carbons (Fsp3) is 0.429. The lowest BCUT2D eigenvalue weighted by Crippen LogP contribution is -2.36. The predicted octanol–water partition coefficient (Wildman–Crippen LogP) is 3.66. The van der Waals surface area contributed by atoms with Crippen LogP contribution < -0.4 is 0 Å². The van der Waals surface area contributed by atoms with Crippen LogP contribution in [-0.4, -0.2) is 35.3 Å². The van der Waals surface area contributed by atoms with E-state index in [1.165, 1.54) is 16.3 Å². The van der Waals surface area contributed by atoms with E-state index in [0.717, 1.165) is 0 Å². The molecule has 0 aliphatic carbocycles. The van der Waals surface area contributed by atoms with Gasteiger partial charge in [0.05, 0.1) is 29.7 Å². The molecule has 0 fully saturated rings. The molecular formula is C14H18NO4PS2. The van der Waals surface area contributed by atoms with E-state index in [0.29, 0.717) is 24.3 Å². The zero-order valence-electron chi connectivity index (χ0n) is 12.6. The number of rotatable bonds is 7. The number of carbonyl (C=O) groups is 2. The maximum Gasteiger partial charge on any atom is 0.262 e. The first-order chi connectivity index (χ1) is 10.4. The number of amides is 2. The highest BCUT2D eigenvalue weighted by molar-refractivity contribution is 8.68. The Kier molecular flexibility index (Phi) is 5.80. The molecule has 0 N–H and O–H groups in total. The third-order valence-corrected chi connectivity index (χ3v) is 8.70. The molecule has 0 saturated carbocycles. The molecule has 2 amide bonds. The highest BCUT2D eigenvalue weighted by Gasteiger charge is 2.40. The van der Waals surface area contributed by atoms with E-state index in [-0.39, 0.29) is 11.8 Å². The van der Waals surface area contributed by atoms with Crippen LogP contribution >= 0.6 is 17.1 Å². The summed E-state index contributed by atoms with van der Waals surface area (Å²) in [7, 11) is 0. The van der Waals surface area contributed by atoms with E-state index in [9.17, 15) is 9.59 Å². The molecule has 1 aromatic rings. The number of fused-ring (bicyclic) bond motifs is 1. The van der Waals surface area contributed by atoms with E-state index in [2.05, 4.69) is 0 Å². The summed E-state index contributed by atoms with van der Waals surface area (Å²) in [5, 5.41) is -0.448. The summed E-state index contributed by atoms with van der Waals surface area (Å²) < 4.78 is 11.1. The van der Waals surface area contributed by atoms with Gasteiger partial charge in [0.2, 0.25) is 5.69 Å².